The van der Waals surface area contributed by atoms with Crippen LogP contribution in [0.3, 0.4) is 0 Å². The van der Waals surface area contributed by atoms with Crippen molar-refractivity contribution in [3.05, 3.63) is 59.2 Å². The molecule has 0 radical (unpaired) electrons. The van der Waals surface area contributed by atoms with Crippen LogP contribution in [0.2, 0.25) is 0 Å². The molecule has 0 atom stereocenters. The maximum Gasteiger partial charge on any atom is 0.338 e. The number of hydrogen-bond acceptors (Lipinski definition) is 6. The molecule has 136 valence electrons. The van der Waals surface area contributed by atoms with Gasteiger partial charge in [-0.1, -0.05) is 24.3 Å². The van der Waals surface area contributed by atoms with E-state index in [0.717, 1.165) is 11.4 Å². The highest BCUT2D eigenvalue weighted by atomic mass is 16.5. The van der Waals surface area contributed by atoms with Crippen molar-refractivity contribution >= 4 is 11.8 Å². The molecule has 1 heterocycles. The van der Waals surface area contributed by atoms with Crippen LogP contribution in [-0.2, 0) is 11.3 Å². The Morgan fingerprint density at radius 1 is 1.12 bits per heavy atom. The zero-order valence-corrected chi connectivity index (χ0v) is 15.2. The van der Waals surface area contributed by atoms with Crippen LogP contribution >= 0.6 is 0 Å². The number of carbonyl (C=O) groups excluding carboxylic acids is 1. The van der Waals surface area contributed by atoms with E-state index in [2.05, 4.69) is 17.1 Å². The summed E-state index contributed by atoms with van der Waals surface area (Å²) in [5.74, 6) is 1.61. The number of ether oxygens (including phenoxy) is 3. The standard InChI is InChI=1S/C20H22N2O4/c1-22(19-18-7-5-4-6-14(18)13-21-19)8-9-26-20(23)15-10-16(24-2)12-17(11-15)25-3/h4-7,10-12H,8-9,13H2,1-3H3. The second-order valence-corrected chi connectivity index (χ2v) is 5.96. The summed E-state index contributed by atoms with van der Waals surface area (Å²) >= 11 is 0. The lowest BCUT2D eigenvalue weighted by molar-refractivity contribution is 0.0491. The van der Waals surface area contributed by atoms with E-state index in [1.54, 1.807) is 32.4 Å². The number of rotatable bonds is 6. The number of benzene rings is 2. The molecule has 2 aromatic carbocycles. The van der Waals surface area contributed by atoms with Crippen molar-refractivity contribution in [3.63, 3.8) is 0 Å². The molecule has 26 heavy (non-hydrogen) atoms. The van der Waals surface area contributed by atoms with E-state index in [9.17, 15) is 4.79 Å². The normalized spacial score (nSPS) is 12.2. The van der Waals surface area contributed by atoms with Gasteiger partial charge >= 0.3 is 5.97 Å². The van der Waals surface area contributed by atoms with Gasteiger partial charge in [-0.2, -0.15) is 0 Å². The highest BCUT2D eigenvalue weighted by Crippen LogP contribution is 2.23. The Balaban J connectivity index is 1.58. The summed E-state index contributed by atoms with van der Waals surface area (Å²) in [5.41, 5.74) is 2.75. The molecule has 0 saturated heterocycles. The second kappa shape index (κ2) is 7.91. The van der Waals surface area contributed by atoms with E-state index in [1.807, 2.05) is 24.1 Å². The summed E-state index contributed by atoms with van der Waals surface area (Å²) in [5, 5.41) is 0. The molecule has 6 nitrogen and oxygen atoms in total. The van der Waals surface area contributed by atoms with Crippen LogP contribution in [0.25, 0.3) is 0 Å². The van der Waals surface area contributed by atoms with Crippen molar-refractivity contribution in [2.45, 2.75) is 6.54 Å². The van der Waals surface area contributed by atoms with Crippen molar-refractivity contribution in [2.24, 2.45) is 4.99 Å². The summed E-state index contributed by atoms with van der Waals surface area (Å²) in [6, 6.07) is 13.1. The summed E-state index contributed by atoms with van der Waals surface area (Å²) in [7, 11) is 5.03. The Morgan fingerprint density at radius 2 is 1.81 bits per heavy atom. The van der Waals surface area contributed by atoms with Crippen LogP contribution in [0.5, 0.6) is 11.5 Å². The van der Waals surface area contributed by atoms with Crippen LogP contribution < -0.4 is 9.47 Å². The number of amidine groups is 1. The summed E-state index contributed by atoms with van der Waals surface area (Å²) in [6.07, 6.45) is 0. The summed E-state index contributed by atoms with van der Waals surface area (Å²) in [6.45, 7) is 1.51. The predicted octanol–water partition coefficient (Wildman–Crippen LogP) is 2.75. The number of likely N-dealkylation sites (N-methyl/N-ethyl adjacent to an activating group) is 1. The molecule has 6 heteroatoms. The Hall–Kier alpha value is -3.02. The number of carbonyl (C=O) groups is 1. The lowest BCUT2D eigenvalue weighted by atomic mass is 10.1. The average Bonchev–Trinajstić information content (AvgIpc) is 3.11. The molecule has 3 rings (SSSR count). The first-order valence-corrected chi connectivity index (χ1v) is 8.36. The van der Waals surface area contributed by atoms with Crippen molar-refractivity contribution in [1.29, 1.82) is 0 Å². The number of fused-ring (bicyclic) bond motifs is 1. The fourth-order valence-corrected chi connectivity index (χ4v) is 2.84. The largest absolute Gasteiger partial charge is 0.497 e. The highest BCUT2D eigenvalue weighted by molar-refractivity contribution is 6.01. The molecule has 0 spiro atoms. The van der Waals surface area contributed by atoms with Gasteiger partial charge in [0, 0.05) is 18.7 Å². The summed E-state index contributed by atoms with van der Waals surface area (Å²) < 4.78 is 15.8. The number of esters is 1. The van der Waals surface area contributed by atoms with Gasteiger partial charge in [0.25, 0.3) is 0 Å². The monoisotopic (exact) mass is 354 g/mol. The molecule has 0 fully saturated rings. The Labute approximate surface area is 153 Å². The fraction of sp³-hybridized carbons (Fsp3) is 0.300. The number of aliphatic imine (C=N–C) groups is 1. The van der Waals surface area contributed by atoms with Crippen LogP contribution in [0.15, 0.2) is 47.5 Å². The van der Waals surface area contributed by atoms with Crippen molar-refractivity contribution in [1.82, 2.24) is 4.90 Å². The van der Waals surface area contributed by atoms with Gasteiger partial charge in [0.15, 0.2) is 0 Å². The first-order valence-electron chi connectivity index (χ1n) is 8.36. The zero-order valence-electron chi connectivity index (χ0n) is 15.2. The smallest absolute Gasteiger partial charge is 0.338 e. The van der Waals surface area contributed by atoms with Gasteiger partial charge in [0.05, 0.1) is 32.9 Å². The molecule has 0 unspecified atom stereocenters. The van der Waals surface area contributed by atoms with E-state index >= 15 is 0 Å². The van der Waals surface area contributed by atoms with E-state index in [0.29, 0.717) is 30.2 Å². The molecular formula is C20H22N2O4. The average molecular weight is 354 g/mol. The number of nitrogens with zero attached hydrogens (tertiary/aromatic N) is 2. The minimum atomic E-state index is -0.413. The quantitative estimate of drug-likeness (QED) is 0.747. The molecule has 0 saturated carbocycles. The Morgan fingerprint density at radius 3 is 2.50 bits per heavy atom. The highest BCUT2D eigenvalue weighted by Gasteiger charge is 2.19. The molecule has 1 aliphatic heterocycles. The molecule has 2 aromatic rings. The van der Waals surface area contributed by atoms with Crippen LogP contribution in [0.1, 0.15) is 21.5 Å². The molecular weight excluding hydrogens is 332 g/mol. The lowest BCUT2D eigenvalue weighted by Crippen LogP contribution is -2.30. The minimum absolute atomic E-state index is 0.260. The topological polar surface area (TPSA) is 60.4 Å². The zero-order chi connectivity index (χ0) is 18.5. The van der Waals surface area contributed by atoms with E-state index < -0.39 is 5.97 Å². The SMILES string of the molecule is COc1cc(OC)cc(C(=O)OCCN(C)C2=NCc3ccccc32)c1. The molecule has 0 aliphatic carbocycles. The van der Waals surface area contributed by atoms with Gasteiger partial charge in [-0.15, -0.1) is 0 Å². The molecule has 0 amide bonds. The van der Waals surface area contributed by atoms with Crippen molar-refractivity contribution in [3.8, 4) is 11.5 Å². The minimum Gasteiger partial charge on any atom is -0.497 e. The van der Waals surface area contributed by atoms with Gasteiger partial charge in [0.2, 0.25) is 0 Å². The third-order valence-electron chi connectivity index (χ3n) is 4.27. The summed E-state index contributed by atoms with van der Waals surface area (Å²) in [4.78, 5) is 18.9. The maximum absolute atomic E-state index is 12.3. The van der Waals surface area contributed by atoms with Crippen LogP contribution in [0, 0.1) is 0 Å². The number of methoxy groups -OCH3 is 2. The Bertz CT molecular complexity index is 810. The van der Waals surface area contributed by atoms with Crippen LogP contribution in [-0.4, -0.2) is 51.1 Å². The molecule has 1 aliphatic rings. The second-order valence-electron chi connectivity index (χ2n) is 5.96. The van der Waals surface area contributed by atoms with Gasteiger partial charge < -0.3 is 19.1 Å². The lowest BCUT2D eigenvalue weighted by Gasteiger charge is -2.19. The van der Waals surface area contributed by atoms with E-state index in [-0.39, 0.29) is 6.61 Å². The predicted molar refractivity (Wildman–Crippen MR) is 99.1 cm³/mol. The number of hydrogen-bond donors (Lipinski definition) is 0. The molecule has 0 N–H and O–H groups in total. The third kappa shape index (κ3) is 3.79. The van der Waals surface area contributed by atoms with Crippen molar-refractivity contribution in [2.75, 3.05) is 34.4 Å². The van der Waals surface area contributed by atoms with Gasteiger partial charge in [-0.25, -0.2) is 4.79 Å². The maximum atomic E-state index is 12.3. The Kier molecular flexibility index (Phi) is 5.41. The fourth-order valence-electron chi connectivity index (χ4n) is 2.84. The van der Waals surface area contributed by atoms with E-state index in [4.69, 9.17) is 14.2 Å². The van der Waals surface area contributed by atoms with Gasteiger partial charge in [0.1, 0.15) is 23.9 Å². The molecule has 0 aromatic heterocycles. The first-order chi connectivity index (χ1) is 12.6. The molecule has 0 bridgehead atoms. The first kappa shape index (κ1) is 17.8. The van der Waals surface area contributed by atoms with E-state index in [1.165, 1.54) is 5.56 Å². The van der Waals surface area contributed by atoms with Crippen molar-refractivity contribution < 1.29 is 19.0 Å². The van der Waals surface area contributed by atoms with Gasteiger partial charge in [-0.3, -0.25) is 4.99 Å². The third-order valence-corrected chi connectivity index (χ3v) is 4.27. The van der Waals surface area contributed by atoms with Crippen LogP contribution in [0.4, 0.5) is 0 Å². The van der Waals surface area contributed by atoms with Gasteiger partial charge in [-0.05, 0) is 17.7 Å².